The fourth-order valence-electron chi connectivity index (χ4n) is 2.65. The highest BCUT2D eigenvalue weighted by Crippen LogP contribution is 2.34. The summed E-state index contributed by atoms with van der Waals surface area (Å²) in [5.74, 6) is 1.67. The van der Waals surface area contributed by atoms with Gasteiger partial charge in [-0.25, -0.2) is 0 Å². The average molecular weight is 263 g/mol. The van der Waals surface area contributed by atoms with Crippen LogP contribution in [-0.2, 0) is 4.74 Å². The van der Waals surface area contributed by atoms with Crippen LogP contribution in [0.2, 0.25) is 0 Å². The van der Waals surface area contributed by atoms with Crippen LogP contribution < -0.4 is 14.8 Å². The fraction of sp³-hybridized carbons (Fsp3) is 0.600. The molecule has 2 unspecified atom stereocenters. The third kappa shape index (κ3) is 2.85. The minimum atomic E-state index is 0.112. The number of nitrogens with one attached hydrogen (secondary N) is 1. The Kier molecular flexibility index (Phi) is 3.89. The Morgan fingerprint density at radius 1 is 1.16 bits per heavy atom. The monoisotopic (exact) mass is 263 g/mol. The SMILES string of the molecule is CCCC1CNCC(c2ccc3c(c2)OCCO3)O1. The summed E-state index contributed by atoms with van der Waals surface area (Å²) in [7, 11) is 0. The average Bonchev–Trinajstić information content (AvgIpc) is 2.47. The van der Waals surface area contributed by atoms with Crippen molar-refractivity contribution in [3.8, 4) is 11.5 Å². The first-order valence-corrected chi connectivity index (χ1v) is 7.12. The standard InChI is InChI=1S/C15H21NO3/c1-2-3-12-9-16-10-15(19-12)11-4-5-13-14(8-11)18-7-6-17-13/h4-5,8,12,15-16H,2-3,6-7,9-10H2,1H3. The van der Waals surface area contributed by atoms with E-state index in [2.05, 4.69) is 24.4 Å². The lowest BCUT2D eigenvalue weighted by molar-refractivity contribution is -0.0426. The Labute approximate surface area is 114 Å². The van der Waals surface area contributed by atoms with Crippen LogP contribution in [0.25, 0.3) is 0 Å². The van der Waals surface area contributed by atoms with E-state index >= 15 is 0 Å². The molecule has 0 radical (unpaired) electrons. The van der Waals surface area contributed by atoms with Crippen molar-refractivity contribution in [2.24, 2.45) is 0 Å². The van der Waals surface area contributed by atoms with E-state index in [1.54, 1.807) is 0 Å². The predicted molar refractivity (Wildman–Crippen MR) is 72.8 cm³/mol. The molecule has 2 heterocycles. The van der Waals surface area contributed by atoms with Crippen molar-refractivity contribution in [3.05, 3.63) is 23.8 Å². The van der Waals surface area contributed by atoms with Gasteiger partial charge < -0.3 is 19.5 Å². The number of rotatable bonds is 3. The van der Waals surface area contributed by atoms with Gasteiger partial charge in [-0.1, -0.05) is 19.4 Å². The lowest BCUT2D eigenvalue weighted by Gasteiger charge is -2.31. The molecular weight excluding hydrogens is 242 g/mol. The van der Waals surface area contributed by atoms with E-state index in [1.807, 2.05) is 6.07 Å². The summed E-state index contributed by atoms with van der Waals surface area (Å²) in [6.07, 6.45) is 2.69. The lowest BCUT2D eigenvalue weighted by atomic mass is 10.1. The maximum Gasteiger partial charge on any atom is 0.161 e. The highest BCUT2D eigenvalue weighted by Gasteiger charge is 2.24. The Bertz CT molecular complexity index is 433. The number of benzene rings is 1. The Balaban J connectivity index is 1.74. The first-order chi connectivity index (χ1) is 9.36. The molecule has 0 amide bonds. The third-order valence-corrected chi connectivity index (χ3v) is 3.61. The van der Waals surface area contributed by atoms with Crippen LogP contribution >= 0.6 is 0 Å². The van der Waals surface area contributed by atoms with E-state index in [1.165, 1.54) is 0 Å². The number of hydrogen-bond acceptors (Lipinski definition) is 4. The molecular formula is C15H21NO3. The smallest absolute Gasteiger partial charge is 0.161 e. The molecule has 1 fully saturated rings. The van der Waals surface area contributed by atoms with Crippen LogP contribution in [0, 0.1) is 0 Å². The summed E-state index contributed by atoms with van der Waals surface area (Å²) in [4.78, 5) is 0. The molecule has 4 nitrogen and oxygen atoms in total. The highest BCUT2D eigenvalue weighted by atomic mass is 16.6. The minimum absolute atomic E-state index is 0.112. The fourth-order valence-corrected chi connectivity index (χ4v) is 2.65. The van der Waals surface area contributed by atoms with Crippen LogP contribution in [0.15, 0.2) is 18.2 Å². The molecule has 1 aromatic carbocycles. The summed E-state index contributed by atoms with van der Waals surface area (Å²) in [6.45, 7) is 5.26. The quantitative estimate of drug-likeness (QED) is 0.908. The molecule has 3 rings (SSSR count). The summed E-state index contributed by atoms with van der Waals surface area (Å²) >= 11 is 0. The van der Waals surface area contributed by atoms with Crippen LogP contribution in [0.4, 0.5) is 0 Å². The largest absolute Gasteiger partial charge is 0.486 e. The second kappa shape index (κ2) is 5.80. The molecule has 4 heteroatoms. The van der Waals surface area contributed by atoms with Crippen molar-refractivity contribution in [1.29, 1.82) is 0 Å². The molecule has 104 valence electrons. The second-order valence-corrected chi connectivity index (χ2v) is 5.10. The van der Waals surface area contributed by atoms with Gasteiger partial charge in [0.25, 0.3) is 0 Å². The van der Waals surface area contributed by atoms with Gasteiger partial charge >= 0.3 is 0 Å². The van der Waals surface area contributed by atoms with E-state index in [0.29, 0.717) is 19.3 Å². The maximum absolute atomic E-state index is 6.15. The molecule has 1 aromatic rings. The first kappa shape index (κ1) is 12.8. The molecule has 2 atom stereocenters. The number of morpholine rings is 1. The van der Waals surface area contributed by atoms with Crippen LogP contribution in [-0.4, -0.2) is 32.4 Å². The summed E-state index contributed by atoms with van der Waals surface area (Å²) in [6, 6.07) is 6.11. The topological polar surface area (TPSA) is 39.7 Å². The van der Waals surface area contributed by atoms with Gasteiger partial charge in [-0.2, -0.15) is 0 Å². The van der Waals surface area contributed by atoms with Crippen molar-refractivity contribution in [2.45, 2.75) is 32.0 Å². The molecule has 1 N–H and O–H groups in total. The molecule has 2 aliphatic rings. The summed E-state index contributed by atoms with van der Waals surface area (Å²) in [5.41, 5.74) is 1.16. The second-order valence-electron chi connectivity index (χ2n) is 5.10. The van der Waals surface area contributed by atoms with Gasteiger partial charge in [0.2, 0.25) is 0 Å². The normalized spacial score (nSPS) is 26.2. The van der Waals surface area contributed by atoms with Crippen molar-refractivity contribution in [3.63, 3.8) is 0 Å². The number of ether oxygens (including phenoxy) is 3. The van der Waals surface area contributed by atoms with E-state index in [-0.39, 0.29) is 6.10 Å². The van der Waals surface area contributed by atoms with Crippen molar-refractivity contribution in [1.82, 2.24) is 5.32 Å². The van der Waals surface area contributed by atoms with E-state index < -0.39 is 0 Å². The highest BCUT2D eigenvalue weighted by molar-refractivity contribution is 5.44. The van der Waals surface area contributed by atoms with Crippen LogP contribution in [0.1, 0.15) is 31.4 Å². The lowest BCUT2D eigenvalue weighted by Crippen LogP contribution is -2.40. The van der Waals surface area contributed by atoms with Gasteiger partial charge in [0.1, 0.15) is 13.2 Å². The third-order valence-electron chi connectivity index (χ3n) is 3.61. The predicted octanol–water partition coefficient (Wildman–Crippen LogP) is 2.29. The van der Waals surface area contributed by atoms with Gasteiger partial charge in [-0.15, -0.1) is 0 Å². The van der Waals surface area contributed by atoms with Crippen molar-refractivity contribution in [2.75, 3.05) is 26.3 Å². The number of hydrogen-bond donors (Lipinski definition) is 1. The van der Waals surface area contributed by atoms with Gasteiger partial charge in [0, 0.05) is 13.1 Å². The van der Waals surface area contributed by atoms with Gasteiger partial charge in [0.15, 0.2) is 11.5 Å². The molecule has 0 aliphatic carbocycles. The van der Waals surface area contributed by atoms with Crippen LogP contribution in [0.5, 0.6) is 11.5 Å². The summed E-state index contributed by atoms with van der Waals surface area (Å²) < 4.78 is 17.3. The van der Waals surface area contributed by atoms with E-state index in [0.717, 1.165) is 43.0 Å². The molecule has 0 aromatic heterocycles. The zero-order valence-electron chi connectivity index (χ0n) is 11.4. The van der Waals surface area contributed by atoms with E-state index in [9.17, 15) is 0 Å². The zero-order chi connectivity index (χ0) is 13.1. The molecule has 19 heavy (non-hydrogen) atoms. The Hall–Kier alpha value is -1.26. The van der Waals surface area contributed by atoms with Gasteiger partial charge in [0.05, 0.1) is 12.2 Å². The maximum atomic E-state index is 6.15. The van der Waals surface area contributed by atoms with Crippen molar-refractivity contribution >= 4 is 0 Å². The van der Waals surface area contributed by atoms with Crippen molar-refractivity contribution < 1.29 is 14.2 Å². The number of fused-ring (bicyclic) bond motifs is 1. The first-order valence-electron chi connectivity index (χ1n) is 7.12. The molecule has 1 saturated heterocycles. The minimum Gasteiger partial charge on any atom is -0.486 e. The Morgan fingerprint density at radius 2 is 2.00 bits per heavy atom. The van der Waals surface area contributed by atoms with Crippen LogP contribution in [0.3, 0.4) is 0 Å². The zero-order valence-corrected chi connectivity index (χ0v) is 11.4. The molecule has 0 saturated carbocycles. The molecule has 0 spiro atoms. The van der Waals surface area contributed by atoms with Gasteiger partial charge in [-0.05, 0) is 24.1 Å². The van der Waals surface area contributed by atoms with Gasteiger partial charge in [-0.3, -0.25) is 0 Å². The summed E-state index contributed by atoms with van der Waals surface area (Å²) in [5, 5.41) is 3.45. The Morgan fingerprint density at radius 3 is 2.84 bits per heavy atom. The molecule has 0 bridgehead atoms. The van der Waals surface area contributed by atoms with E-state index in [4.69, 9.17) is 14.2 Å². The molecule has 2 aliphatic heterocycles.